The van der Waals surface area contributed by atoms with Crippen molar-refractivity contribution < 1.29 is 19.6 Å². The maximum atomic E-state index is 12.4. The number of nitro benzene ring substituents is 1. The molecule has 2 fully saturated rings. The fraction of sp³-hybridized carbons (Fsp3) is 0.556. The standard InChI is InChI=1S/C18H23N3O5/c1-3-26-14-9-11(8-13(16(14)22)21(24)25)10-19-20-17(23)15-12-6-4-5-7-18(12,15)2/h8-10,12,15,22H,3-7H2,1-2H3,(H,20,23)/b19-10-/t12-,15-,18-/m0/s1. The van der Waals surface area contributed by atoms with Crippen LogP contribution in [0.15, 0.2) is 17.2 Å². The molecule has 2 aliphatic carbocycles. The molecule has 8 heteroatoms. The number of benzene rings is 1. The number of hydrogen-bond donors (Lipinski definition) is 2. The Kier molecular flexibility index (Phi) is 4.84. The van der Waals surface area contributed by atoms with Crippen LogP contribution < -0.4 is 10.2 Å². The molecule has 1 aromatic rings. The minimum atomic E-state index is -0.691. The van der Waals surface area contributed by atoms with Crippen LogP contribution in [-0.4, -0.2) is 28.8 Å². The van der Waals surface area contributed by atoms with Crippen LogP contribution >= 0.6 is 0 Å². The largest absolute Gasteiger partial charge is 0.500 e. The summed E-state index contributed by atoms with van der Waals surface area (Å²) in [5.41, 5.74) is 2.53. The summed E-state index contributed by atoms with van der Waals surface area (Å²) >= 11 is 0. The van der Waals surface area contributed by atoms with E-state index in [9.17, 15) is 20.0 Å². The van der Waals surface area contributed by atoms with Gasteiger partial charge < -0.3 is 9.84 Å². The van der Waals surface area contributed by atoms with Gasteiger partial charge >= 0.3 is 5.69 Å². The van der Waals surface area contributed by atoms with Crippen molar-refractivity contribution in [1.82, 2.24) is 5.43 Å². The number of phenolic OH excluding ortho intramolecular Hbond substituents is 1. The maximum absolute atomic E-state index is 12.4. The first kappa shape index (κ1) is 18.2. The number of nitro groups is 1. The van der Waals surface area contributed by atoms with Crippen molar-refractivity contribution >= 4 is 17.8 Å². The fourth-order valence-electron chi connectivity index (χ4n) is 4.18. The number of carbonyl (C=O) groups excluding carboxylic acids is 1. The van der Waals surface area contributed by atoms with Gasteiger partial charge in [0, 0.05) is 17.5 Å². The Morgan fingerprint density at radius 1 is 1.54 bits per heavy atom. The molecule has 0 spiro atoms. The predicted octanol–water partition coefficient (Wildman–Crippen LogP) is 2.98. The Balaban J connectivity index is 1.70. The smallest absolute Gasteiger partial charge is 0.315 e. The lowest BCUT2D eigenvalue weighted by Gasteiger charge is -2.15. The summed E-state index contributed by atoms with van der Waals surface area (Å²) in [5, 5.41) is 24.9. The number of amides is 1. The monoisotopic (exact) mass is 361 g/mol. The van der Waals surface area contributed by atoms with Crippen molar-refractivity contribution in [2.24, 2.45) is 22.4 Å². The lowest BCUT2D eigenvalue weighted by Crippen LogP contribution is -2.22. The van der Waals surface area contributed by atoms with Gasteiger partial charge in [-0.25, -0.2) is 5.43 Å². The minimum Gasteiger partial charge on any atom is -0.500 e. The second kappa shape index (κ2) is 6.93. The molecule has 0 bridgehead atoms. The van der Waals surface area contributed by atoms with Crippen molar-refractivity contribution in [2.45, 2.75) is 39.5 Å². The van der Waals surface area contributed by atoms with Crippen LogP contribution in [0.1, 0.15) is 45.1 Å². The molecule has 0 aromatic heterocycles. The van der Waals surface area contributed by atoms with E-state index in [0.29, 0.717) is 11.5 Å². The number of fused-ring (bicyclic) bond motifs is 1. The van der Waals surface area contributed by atoms with Crippen LogP contribution in [0.3, 0.4) is 0 Å². The molecule has 140 valence electrons. The highest BCUT2D eigenvalue weighted by Crippen LogP contribution is 2.66. The van der Waals surface area contributed by atoms with Crippen molar-refractivity contribution in [2.75, 3.05) is 6.61 Å². The van der Waals surface area contributed by atoms with Crippen LogP contribution in [0.4, 0.5) is 5.69 Å². The van der Waals surface area contributed by atoms with Gasteiger partial charge in [0.05, 0.1) is 17.7 Å². The van der Waals surface area contributed by atoms with Crippen molar-refractivity contribution in [1.29, 1.82) is 0 Å². The fourth-order valence-corrected chi connectivity index (χ4v) is 4.18. The maximum Gasteiger partial charge on any atom is 0.315 e. The molecular weight excluding hydrogens is 338 g/mol. The highest BCUT2D eigenvalue weighted by atomic mass is 16.6. The van der Waals surface area contributed by atoms with Crippen LogP contribution in [0.5, 0.6) is 11.5 Å². The zero-order valence-electron chi connectivity index (χ0n) is 14.9. The Labute approximate surface area is 151 Å². The van der Waals surface area contributed by atoms with E-state index in [1.165, 1.54) is 24.8 Å². The highest BCUT2D eigenvalue weighted by molar-refractivity contribution is 5.87. The van der Waals surface area contributed by atoms with Crippen molar-refractivity contribution in [3.63, 3.8) is 0 Å². The first-order valence-corrected chi connectivity index (χ1v) is 8.85. The Hall–Kier alpha value is -2.64. The van der Waals surface area contributed by atoms with E-state index >= 15 is 0 Å². The van der Waals surface area contributed by atoms with Crippen LogP contribution in [0.25, 0.3) is 0 Å². The van der Waals surface area contributed by atoms with Gasteiger partial charge in [-0.1, -0.05) is 19.8 Å². The molecule has 0 saturated heterocycles. The number of phenols is 1. The molecule has 0 radical (unpaired) electrons. The number of hydrogen-bond acceptors (Lipinski definition) is 6. The van der Waals surface area contributed by atoms with Crippen molar-refractivity contribution in [3.8, 4) is 11.5 Å². The van der Waals surface area contributed by atoms with Crippen LogP contribution in [0.2, 0.25) is 0 Å². The topological polar surface area (TPSA) is 114 Å². The summed E-state index contributed by atoms with van der Waals surface area (Å²) in [5.74, 6) is -0.182. The molecule has 26 heavy (non-hydrogen) atoms. The van der Waals surface area contributed by atoms with E-state index in [4.69, 9.17) is 4.74 Å². The average Bonchev–Trinajstić information content (AvgIpc) is 3.23. The SMILES string of the molecule is CCOc1cc(/C=N\NC(=O)[C@@H]2[C@@H]3CCCC[C@]23C)cc([N+](=O)[O-])c1O. The molecule has 2 aliphatic rings. The third-order valence-electron chi connectivity index (χ3n) is 5.58. The minimum absolute atomic E-state index is 0.00436. The highest BCUT2D eigenvalue weighted by Gasteiger charge is 2.64. The number of nitrogens with zero attached hydrogens (tertiary/aromatic N) is 2. The summed E-state index contributed by atoms with van der Waals surface area (Å²) in [6.45, 7) is 4.12. The zero-order valence-corrected chi connectivity index (χ0v) is 14.9. The van der Waals surface area contributed by atoms with Gasteiger partial charge in [-0.2, -0.15) is 5.10 Å². The number of hydrazone groups is 1. The van der Waals surface area contributed by atoms with E-state index in [1.54, 1.807) is 6.92 Å². The summed E-state index contributed by atoms with van der Waals surface area (Å²) < 4.78 is 5.22. The van der Waals surface area contributed by atoms with Gasteiger partial charge in [0.15, 0.2) is 5.75 Å². The summed E-state index contributed by atoms with van der Waals surface area (Å²) in [4.78, 5) is 22.7. The third-order valence-corrected chi connectivity index (χ3v) is 5.58. The van der Waals surface area contributed by atoms with E-state index in [2.05, 4.69) is 17.5 Å². The Bertz CT molecular complexity index is 763. The van der Waals surface area contributed by atoms with Crippen molar-refractivity contribution in [3.05, 3.63) is 27.8 Å². The molecule has 3 rings (SSSR count). The molecule has 0 heterocycles. The second-order valence-corrected chi connectivity index (χ2v) is 7.15. The van der Waals surface area contributed by atoms with Gasteiger partial charge in [0.25, 0.3) is 0 Å². The molecule has 1 aromatic carbocycles. The van der Waals surface area contributed by atoms with Gasteiger partial charge in [-0.05, 0) is 37.2 Å². The number of aromatic hydroxyl groups is 1. The van der Waals surface area contributed by atoms with Gasteiger partial charge in [-0.3, -0.25) is 14.9 Å². The summed E-state index contributed by atoms with van der Waals surface area (Å²) in [6.07, 6.45) is 5.81. The van der Waals surface area contributed by atoms with E-state index in [1.807, 2.05) is 0 Å². The Morgan fingerprint density at radius 2 is 2.31 bits per heavy atom. The normalized spacial score (nSPS) is 27.0. The third kappa shape index (κ3) is 3.23. The average molecular weight is 361 g/mol. The number of rotatable bonds is 6. The summed E-state index contributed by atoms with van der Waals surface area (Å²) in [6, 6.07) is 2.63. The molecular formula is C18H23N3O5. The quantitative estimate of drug-likeness (QED) is 0.459. The van der Waals surface area contributed by atoms with E-state index in [-0.39, 0.29) is 29.6 Å². The van der Waals surface area contributed by atoms with Crippen LogP contribution in [0, 0.1) is 27.4 Å². The molecule has 2 N–H and O–H groups in total. The second-order valence-electron chi connectivity index (χ2n) is 7.15. The molecule has 8 nitrogen and oxygen atoms in total. The Morgan fingerprint density at radius 3 is 2.92 bits per heavy atom. The van der Waals surface area contributed by atoms with Gasteiger partial charge in [0.2, 0.25) is 11.7 Å². The molecule has 0 aliphatic heterocycles. The molecule has 2 saturated carbocycles. The number of nitrogens with one attached hydrogen (secondary N) is 1. The number of carbonyl (C=O) groups is 1. The van der Waals surface area contributed by atoms with Crippen LogP contribution in [-0.2, 0) is 4.79 Å². The summed E-state index contributed by atoms with van der Waals surface area (Å²) in [7, 11) is 0. The molecule has 3 atom stereocenters. The van der Waals surface area contributed by atoms with E-state index in [0.717, 1.165) is 19.3 Å². The lowest BCUT2D eigenvalue weighted by molar-refractivity contribution is -0.386. The number of ether oxygens (including phenoxy) is 1. The molecule has 1 amide bonds. The van der Waals surface area contributed by atoms with E-state index < -0.39 is 16.4 Å². The predicted molar refractivity (Wildman–Crippen MR) is 95.2 cm³/mol. The first-order chi connectivity index (χ1) is 12.4. The molecule has 0 unspecified atom stereocenters. The van der Waals surface area contributed by atoms with Gasteiger partial charge in [-0.15, -0.1) is 0 Å². The first-order valence-electron chi connectivity index (χ1n) is 8.85. The zero-order chi connectivity index (χ0) is 18.9. The van der Waals surface area contributed by atoms with Gasteiger partial charge in [0.1, 0.15) is 0 Å². The lowest BCUT2D eigenvalue weighted by atomic mass is 9.90.